The minimum atomic E-state index is -1.11. The molecule has 0 aliphatic carbocycles. The van der Waals surface area contributed by atoms with Crippen LogP contribution in [0.4, 0.5) is 11.4 Å². The van der Waals surface area contributed by atoms with Crippen LogP contribution in [-0.4, -0.2) is 35.5 Å². The number of aliphatic carboxylic acids is 1. The number of benzene rings is 3. The molecule has 0 aromatic heterocycles. The maximum Gasteiger partial charge on any atom is 0.341 e. The van der Waals surface area contributed by atoms with E-state index in [1.54, 1.807) is 42.5 Å². The first kappa shape index (κ1) is 28.0. The molecular weight excluding hydrogens is 486 g/mol. The van der Waals surface area contributed by atoms with E-state index in [-0.39, 0.29) is 30.9 Å². The summed E-state index contributed by atoms with van der Waals surface area (Å²) in [5.41, 5.74) is 15.8. The van der Waals surface area contributed by atoms with Gasteiger partial charge in [0.2, 0.25) is 0 Å². The Kier molecular flexibility index (Phi) is 9.28. The van der Waals surface area contributed by atoms with E-state index < -0.39 is 12.6 Å². The molecule has 10 nitrogen and oxygen atoms in total. The molecule has 0 atom stereocenters. The summed E-state index contributed by atoms with van der Waals surface area (Å²) in [6.07, 6.45) is -0.173. The summed E-state index contributed by atoms with van der Waals surface area (Å²) in [6, 6.07) is 15.7. The number of carbonyl (C=O) groups excluding carboxylic acids is 1. The van der Waals surface area contributed by atoms with Gasteiger partial charge in [-0.1, -0.05) is 11.6 Å². The number of carbonyl (C=O) groups is 2. The van der Waals surface area contributed by atoms with Crippen molar-refractivity contribution in [2.45, 2.75) is 40.0 Å². The quantitative estimate of drug-likeness (QED) is 0.155. The van der Waals surface area contributed by atoms with Crippen molar-refractivity contribution in [1.29, 1.82) is 5.41 Å². The number of anilines is 2. The van der Waals surface area contributed by atoms with Gasteiger partial charge in [-0.15, -0.1) is 0 Å². The Hall–Kier alpha value is -4.57. The van der Waals surface area contributed by atoms with Crippen LogP contribution in [0.15, 0.2) is 54.6 Å². The number of nitrogens with two attached hydrogens (primary N) is 2. The SMILES string of the molecule is Cc1ccc(NCc2cc(CN)cc(OC(C)C)c2OCC(=O)O)c(C(=O)Nc2ccc(C(=N)N)cc2)c1. The lowest BCUT2D eigenvalue weighted by atomic mass is 10.1. The van der Waals surface area contributed by atoms with Gasteiger partial charge in [0.15, 0.2) is 18.1 Å². The molecule has 0 aliphatic rings. The molecule has 0 bridgehead atoms. The second-order valence-corrected chi connectivity index (χ2v) is 8.98. The molecule has 0 heterocycles. The summed E-state index contributed by atoms with van der Waals surface area (Å²) >= 11 is 0. The van der Waals surface area contributed by atoms with Crippen LogP contribution in [0.3, 0.4) is 0 Å². The summed E-state index contributed by atoms with van der Waals surface area (Å²) in [6.45, 7) is 5.54. The van der Waals surface area contributed by atoms with E-state index in [0.717, 1.165) is 11.1 Å². The summed E-state index contributed by atoms with van der Waals surface area (Å²) in [5, 5.41) is 22.8. The average molecular weight is 520 g/mol. The molecule has 0 unspecified atom stereocenters. The van der Waals surface area contributed by atoms with Crippen molar-refractivity contribution in [3.8, 4) is 11.5 Å². The number of rotatable bonds is 12. The molecule has 3 aromatic carbocycles. The fourth-order valence-corrected chi connectivity index (χ4v) is 3.73. The molecule has 0 saturated carbocycles. The van der Waals surface area contributed by atoms with Gasteiger partial charge in [0.1, 0.15) is 5.84 Å². The van der Waals surface area contributed by atoms with E-state index in [1.807, 2.05) is 32.9 Å². The minimum Gasteiger partial charge on any atom is -0.487 e. The molecule has 0 spiro atoms. The number of hydrogen-bond acceptors (Lipinski definition) is 7. The second kappa shape index (κ2) is 12.6. The molecule has 0 aliphatic heterocycles. The molecule has 0 fully saturated rings. The first-order valence-corrected chi connectivity index (χ1v) is 12.0. The Morgan fingerprint density at radius 2 is 1.79 bits per heavy atom. The van der Waals surface area contributed by atoms with Crippen LogP contribution in [0.2, 0.25) is 0 Å². The lowest BCUT2D eigenvalue weighted by Gasteiger charge is -2.20. The topological polar surface area (TPSA) is 173 Å². The third-order valence-electron chi connectivity index (χ3n) is 5.47. The van der Waals surface area contributed by atoms with Crippen molar-refractivity contribution < 1.29 is 24.2 Å². The number of ether oxygens (including phenoxy) is 2. The smallest absolute Gasteiger partial charge is 0.341 e. The van der Waals surface area contributed by atoms with Gasteiger partial charge in [0, 0.05) is 35.6 Å². The van der Waals surface area contributed by atoms with Gasteiger partial charge < -0.3 is 36.7 Å². The van der Waals surface area contributed by atoms with Gasteiger partial charge in [-0.3, -0.25) is 10.2 Å². The van der Waals surface area contributed by atoms with Gasteiger partial charge in [-0.05, 0) is 74.9 Å². The zero-order valence-electron chi connectivity index (χ0n) is 21.6. The Morgan fingerprint density at radius 3 is 2.39 bits per heavy atom. The summed E-state index contributed by atoms with van der Waals surface area (Å²) < 4.78 is 11.5. The van der Waals surface area contributed by atoms with E-state index in [4.69, 9.17) is 26.4 Å². The maximum atomic E-state index is 13.2. The number of carboxylic acid groups (broad SMARTS) is 1. The predicted octanol–water partition coefficient (Wildman–Crippen LogP) is 3.85. The number of hydrogen-bond donors (Lipinski definition) is 6. The van der Waals surface area contributed by atoms with Crippen molar-refractivity contribution in [2.75, 3.05) is 17.2 Å². The van der Waals surface area contributed by atoms with Crippen LogP contribution < -0.4 is 31.6 Å². The Balaban J connectivity index is 1.90. The highest BCUT2D eigenvalue weighted by Gasteiger charge is 2.18. The molecule has 3 aromatic rings. The van der Waals surface area contributed by atoms with Crippen molar-refractivity contribution in [3.63, 3.8) is 0 Å². The summed E-state index contributed by atoms with van der Waals surface area (Å²) in [7, 11) is 0. The maximum absolute atomic E-state index is 13.2. The average Bonchev–Trinajstić information content (AvgIpc) is 2.86. The standard InChI is InChI=1S/C28H33N5O5/c1-16(2)38-24-12-18(13-29)11-20(26(24)37-15-25(34)35)14-32-23-9-4-17(3)10-22(23)28(36)33-21-7-5-19(6-8-21)27(30)31/h4-12,16,32H,13-15,29H2,1-3H3,(H3,30,31)(H,33,36)(H,34,35). The highest BCUT2D eigenvalue weighted by atomic mass is 16.5. The van der Waals surface area contributed by atoms with Crippen LogP contribution in [0, 0.1) is 12.3 Å². The second-order valence-electron chi connectivity index (χ2n) is 8.98. The summed E-state index contributed by atoms with van der Waals surface area (Å²) in [5.74, 6) is -0.795. The van der Waals surface area contributed by atoms with E-state index in [2.05, 4.69) is 10.6 Å². The molecule has 10 heteroatoms. The summed E-state index contributed by atoms with van der Waals surface area (Å²) in [4.78, 5) is 24.4. The molecule has 200 valence electrons. The Labute approximate surface area is 221 Å². The number of nitrogens with one attached hydrogen (secondary N) is 3. The van der Waals surface area contributed by atoms with Crippen LogP contribution in [0.5, 0.6) is 11.5 Å². The molecule has 0 radical (unpaired) electrons. The van der Waals surface area contributed by atoms with E-state index in [0.29, 0.717) is 39.6 Å². The number of carboxylic acids is 1. The fourth-order valence-electron chi connectivity index (χ4n) is 3.73. The number of amidine groups is 1. The molecule has 8 N–H and O–H groups in total. The Morgan fingerprint density at radius 1 is 1.08 bits per heavy atom. The van der Waals surface area contributed by atoms with E-state index in [1.165, 1.54) is 0 Å². The van der Waals surface area contributed by atoms with Crippen LogP contribution in [0.1, 0.15) is 46.5 Å². The van der Waals surface area contributed by atoms with Crippen LogP contribution >= 0.6 is 0 Å². The van der Waals surface area contributed by atoms with Crippen molar-refractivity contribution in [3.05, 3.63) is 82.4 Å². The van der Waals surface area contributed by atoms with Crippen molar-refractivity contribution >= 4 is 29.1 Å². The largest absolute Gasteiger partial charge is 0.487 e. The highest BCUT2D eigenvalue weighted by molar-refractivity contribution is 6.08. The first-order valence-electron chi connectivity index (χ1n) is 12.0. The monoisotopic (exact) mass is 519 g/mol. The van der Waals surface area contributed by atoms with E-state index in [9.17, 15) is 14.7 Å². The minimum absolute atomic E-state index is 0.0552. The third-order valence-corrected chi connectivity index (χ3v) is 5.47. The lowest BCUT2D eigenvalue weighted by Crippen LogP contribution is -2.17. The highest BCUT2D eigenvalue weighted by Crippen LogP contribution is 2.35. The van der Waals surface area contributed by atoms with Gasteiger partial charge in [0.25, 0.3) is 5.91 Å². The number of aryl methyl sites for hydroxylation is 1. The molecular formula is C28H33N5O5. The van der Waals surface area contributed by atoms with Gasteiger partial charge in [-0.25, -0.2) is 4.79 Å². The van der Waals surface area contributed by atoms with Gasteiger partial charge in [0.05, 0.1) is 11.7 Å². The van der Waals surface area contributed by atoms with Crippen LogP contribution in [0.25, 0.3) is 0 Å². The first-order chi connectivity index (χ1) is 18.1. The third kappa shape index (κ3) is 7.47. The van der Waals surface area contributed by atoms with E-state index >= 15 is 0 Å². The zero-order valence-corrected chi connectivity index (χ0v) is 21.6. The normalized spacial score (nSPS) is 10.7. The van der Waals surface area contributed by atoms with Crippen molar-refractivity contribution in [1.82, 2.24) is 0 Å². The predicted molar refractivity (Wildman–Crippen MR) is 147 cm³/mol. The number of nitrogen functional groups attached to an aromatic ring is 1. The van der Waals surface area contributed by atoms with Gasteiger partial charge >= 0.3 is 5.97 Å². The molecule has 38 heavy (non-hydrogen) atoms. The van der Waals surface area contributed by atoms with Crippen molar-refractivity contribution in [2.24, 2.45) is 11.5 Å². The molecule has 0 saturated heterocycles. The molecule has 3 rings (SSSR count). The number of amides is 1. The van der Waals surface area contributed by atoms with Crippen LogP contribution in [-0.2, 0) is 17.9 Å². The Bertz CT molecular complexity index is 1320. The zero-order chi connectivity index (χ0) is 27.8. The molecule has 1 amide bonds. The lowest BCUT2D eigenvalue weighted by molar-refractivity contribution is -0.139. The van der Waals surface area contributed by atoms with Gasteiger partial charge in [-0.2, -0.15) is 0 Å². The fraction of sp³-hybridized carbons (Fsp3) is 0.250.